The first-order chi connectivity index (χ1) is 11.1. The lowest BCUT2D eigenvalue weighted by Crippen LogP contribution is -2.07. The number of methoxy groups -OCH3 is 1. The van der Waals surface area contributed by atoms with Crippen molar-refractivity contribution in [3.05, 3.63) is 69.3 Å². The fourth-order valence-corrected chi connectivity index (χ4v) is 2.47. The van der Waals surface area contributed by atoms with Crippen molar-refractivity contribution in [2.45, 2.75) is 0 Å². The molecule has 1 aliphatic heterocycles. The predicted octanol–water partition coefficient (Wildman–Crippen LogP) is 4.35. The summed E-state index contributed by atoms with van der Waals surface area (Å²) in [6.45, 7) is 0. The van der Waals surface area contributed by atoms with E-state index in [9.17, 15) is 4.79 Å². The van der Waals surface area contributed by atoms with E-state index >= 15 is 0 Å². The van der Waals surface area contributed by atoms with Crippen molar-refractivity contribution in [3.63, 3.8) is 0 Å². The molecule has 1 heterocycles. The maximum Gasteiger partial charge on any atom is 0.363 e. The monoisotopic (exact) mass is 347 g/mol. The minimum atomic E-state index is -0.554. The van der Waals surface area contributed by atoms with E-state index in [1.54, 1.807) is 36.4 Å². The molecular weight excluding hydrogens is 337 g/mol. The van der Waals surface area contributed by atoms with Gasteiger partial charge >= 0.3 is 5.97 Å². The highest BCUT2D eigenvalue weighted by Gasteiger charge is 2.26. The van der Waals surface area contributed by atoms with Crippen LogP contribution >= 0.6 is 23.2 Å². The third-order valence-electron chi connectivity index (χ3n) is 3.21. The van der Waals surface area contributed by atoms with E-state index < -0.39 is 5.97 Å². The van der Waals surface area contributed by atoms with E-state index in [4.69, 9.17) is 32.7 Å². The summed E-state index contributed by atoms with van der Waals surface area (Å²) in [4.78, 5) is 16.3. The number of hydrogen-bond acceptors (Lipinski definition) is 4. The fraction of sp³-hybridized carbons (Fsp3) is 0.0588. The van der Waals surface area contributed by atoms with Crippen LogP contribution in [0.25, 0.3) is 6.08 Å². The Balaban J connectivity index is 2.03. The Labute approximate surface area is 143 Å². The molecule has 116 valence electrons. The number of cyclic esters (lactones) is 1. The molecule has 0 spiro atoms. The van der Waals surface area contributed by atoms with Crippen molar-refractivity contribution in [1.82, 2.24) is 0 Å². The molecule has 0 radical (unpaired) electrons. The molecule has 0 amide bonds. The van der Waals surface area contributed by atoms with Crippen LogP contribution in [-0.4, -0.2) is 19.0 Å². The summed E-state index contributed by atoms with van der Waals surface area (Å²) in [6.07, 6.45) is 1.58. The van der Waals surface area contributed by atoms with Crippen LogP contribution in [0.1, 0.15) is 11.1 Å². The molecular formula is C17H11Cl2NO3. The molecule has 1 aliphatic rings. The Kier molecular flexibility index (Phi) is 4.37. The summed E-state index contributed by atoms with van der Waals surface area (Å²) < 4.78 is 10.5. The highest BCUT2D eigenvalue weighted by Crippen LogP contribution is 2.28. The molecule has 0 unspecified atom stereocenters. The van der Waals surface area contributed by atoms with Crippen LogP contribution < -0.4 is 4.74 Å². The van der Waals surface area contributed by atoms with Crippen molar-refractivity contribution in [3.8, 4) is 5.75 Å². The third kappa shape index (κ3) is 3.23. The van der Waals surface area contributed by atoms with Crippen LogP contribution in [0, 0.1) is 0 Å². The quantitative estimate of drug-likeness (QED) is 0.612. The normalized spacial score (nSPS) is 15.5. The summed E-state index contributed by atoms with van der Waals surface area (Å²) in [5, 5.41) is 1.01. The second kappa shape index (κ2) is 6.44. The molecule has 0 saturated carbocycles. The lowest BCUT2D eigenvalue weighted by molar-refractivity contribution is -0.129. The standard InChI is InChI=1S/C17H11Cl2NO3/c1-22-15-7-6-11(18)9-12(15)16-20-14(17(21)23-16)8-10-4-2-3-5-13(10)19/h2-9H,1H3. The van der Waals surface area contributed by atoms with Gasteiger partial charge in [-0.2, -0.15) is 0 Å². The Morgan fingerprint density at radius 3 is 2.70 bits per heavy atom. The molecule has 0 bridgehead atoms. The smallest absolute Gasteiger partial charge is 0.363 e. The van der Waals surface area contributed by atoms with Crippen LogP contribution in [0.4, 0.5) is 0 Å². The van der Waals surface area contributed by atoms with Crippen molar-refractivity contribution in [1.29, 1.82) is 0 Å². The fourth-order valence-electron chi connectivity index (χ4n) is 2.11. The lowest BCUT2D eigenvalue weighted by atomic mass is 10.2. The Morgan fingerprint density at radius 2 is 1.96 bits per heavy atom. The molecule has 2 aromatic rings. The molecule has 0 fully saturated rings. The molecule has 23 heavy (non-hydrogen) atoms. The minimum absolute atomic E-state index is 0.146. The number of hydrogen-bond donors (Lipinski definition) is 0. The second-order valence-electron chi connectivity index (χ2n) is 4.70. The number of benzene rings is 2. The van der Waals surface area contributed by atoms with E-state index in [1.807, 2.05) is 12.1 Å². The van der Waals surface area contributed by atoms with E-state index in [0.29, 0.717) is 26.9 Å². The maximum absolute atomic E-state index is 12.0. The van der Waals surface area contributed by atoms with Gasteiger partial charge in [0.25, 0.3) is 0 Å². The number of halogens is 2. The number of carbonyl (C=O) groups excluding carboxylic acids is 1. The minimum Gasteiger partial charge on any atom is -0.496 e. The lowest BCUT2D eigenvalue weighted by Gasteiger charge is -2.07. The topological polar surface area (TPSA) is 47.9 Å². The van der Waals surface area contributed by atoms with Gasteiger partial charge in [-0.1, -0.05) is 41.4 Å². The van der Waals surface area contributed by atoms with E-state index in [1.165, 1.54) is 7.11 Å². The molecule has 0 saturated heterocycles. The number of aliphatic imine (C=N–C) groups is 1. The van der Waals surface area contributed by atoms with E-state index in [-0.39, 0.29) is 11.6 Å². The van der Waals surface area contributed by atoms with Crippen LogP contribution in [0.2, 0.25) is 10.0 Å². The van der Waals surface area contributed by atoms with Gasteiger partial charge in [0.2, 0.25) is 5.90 Å². The summed E-state index contributed by atoms with van der Waals surface area (Å²) in [5.41, 5.74) is 1.36. The Bertz CT molecular complexity index is 843. The highest BCUT2D eigenvalue weighted by atomic mass is 35.5. The SMILES string of the molecule is COc1ccc(Cl)cc1C1=NC(=Cc2ccccc2Cl)C(=O)O1. The number of ether oxygens (including phenoxy) is 2. The molecule has 4 nitrogen and oxygen atoms in total. The number of rotatable bonds is 3. The van der Waals surface area contributed by atoms with E-state index in [0.717, 1.165) is 0 Å². The van der Waals surface area contributed by atoms with Gasteiger partial charge in [-0.15, -0.1) is 0 Å². The zero-order valence-electron chi connectivity index (χ0n) is 12.0. The molecule has 3 rings (SSSR count). The van der Waals surface area contributed by atoms with Crippen LogP contribution in [0.15, 0.2) is 53.2 Å². The van der Waals surface area contributed by atoms with Gasteiger partial charge < -0.3 is 9.47 Å². The van der Waals surface area contributed by atoms with Crippen LogP contribution in [0.5, 0.6) is 5.75 Å². The largest absolute Gasteiger partial charge is 0.496 e. The molecule has 6 heteroatoms. The van der Waals surface area contributed by atoms with Gasteiger partial charge in [0.05, 0.1) is 12.7 Å². The summed E-state index contributed by atoms with van der Waals surface area (Å²) >= 11 is 12.1. The summed E-state index contributed by atoms with van der Waals surface area (Å²) in [5.74, 6) is 0.106. The van der Waals surface area contributed by atoms with Gasteiger partial charge in [0.1, 0.15) is 5.75 Å². The van der Waals surface area contributed by atoms with Gasteiger partial charge in [0.15, 0.2) is 5.70 Å². The summed E-state index contributed by atoms with van der Waals surface area (Å²) in [7, 11) is 1.52. The molecule has 2 aromatic carbocycles. The number of esters is 1. The van der Waals surface area contributed by atoms with E-state index in [2.05, 4.69) is 4.99 Å². The first-order valence-corrected chi connectivity index (χ1v) is 7.45. The van der Waals surface area contributed by atoms with Crippen LogP contribution in [-0.2, 0) is 9.53 Å². The summed E-state index contributed by atoms with van der Waals surface area (Å²) in [6, 6.07) is 12.2. The van der Waals surface area contributed by atoms with Gasteiger partial charge in [-0.25, -0.2) is 9.79 Å². The molecule has 0 N–H and O–H groups in total. The molecule has 0 aliphatic carbocycles. The third-order valence-corrected chi connectivity index (χ3v) is 3.79. The van der Waals surface area contributed by atoms with Crippen LogP contribution in [0.3, 0.4) is 0 Å². The van der Waals surface area contributed by atoms with Crippen molar-refractivity contribution >= 4 is 41.1 Å². The highest BCUT2D eigenvalue weighted by molar-refractivity contribution is 6.32. The zero-order chi connectivity index (χ0) is 16.4. The first-order valence-electron chi connectivity index (χ1n) is 6.69. The Morgan fingerprint density at radius 1 is 1.17 bits per heavy atom. The van der Waals surface area contributed by atoms with Crippen molar-refractivity contribution < 1.29 is 14.3 Å². The first kappa shape index (κ1) is 15.6. The van der Waals surface area contributed by atoms with Gasteiger partial charge in [-0.05, 0) is 35.9 Å². The Hall–Kier alpha value is -2.30. The van der Waals surface area contributed by atoms with Gasteiger partial charge in [0, 0.05) is 10.0 Å². The van der Waals surface area contributed by atoms with Crippen molar-refractivity contribution in [2.75, 3.05) is 7.11 Å². The van der Waals surface area contributed by atoms with Gasteiger partial charge in [-0.3, -0.25) is 0 Å². The number of carbonyl (C=O) groups is 1. The van der Waals surface area contributed by atoms with Crippen molar-refractivity contribution in [2.24, 2.45) is 4.99 Å². The average Bonchev–Trinajstić information content (AvgIpc) is 2.90. The molecule has 0 atom stereocenters. The predicted molar refractivity (Wildman–Crippen MR) is 90.1 cm³/mol. The average molecular weight is 348 g/mol. The maximum atomic E-state index is 12.0. The zero-order valence-corrected chi connectivity index (χ0v) is 13.6. The number of nitrogens with zero attached hydrogens (tertiary/aromatic N) is 1. The molecule has 0 aromatic heterocycles. The second-order valence-corrected chi connectivity index (χ2v) is 5.55.